The van der Waals surface area contributed by atoms with Crippen LogP contribution in [0.5, 0.6) is 5.88 Å². The number of rotatable bonds is 4. The van der Waals surface area contributed by atoms with E-state index >= 15 is 0 Å². The van der Waals surface area contributed by atoms with Gasteiger partial charge in [0, 0.05) is 0 Å². The molecule has 0 amide bonds. The molecule has 2 aromatic carbocycles. The molecule has 0 unspecified atom stereocenters. The highest BCUT2D eigenvalue weighted by molar-refractivity contribution is 5.74. The smallest absolute Gasteiger partial charge is 0.243 e. The van der Waals surface area contributed by atoms with Crippen LogP contribution in [-0.4, -0.2) is 19.9 Å². The quantitative estimate of drug-likeness (QED) is 0.625. The Labute approximate surface area is 133 Å². The van der Waals surface area contributed by atoms with Crippen molar-refractivity contribution in [3.8, 4) is 17.0 Å². The molecule has 4 rings (SSSR count). The van der Waals surface area contributed by atoms with Gasteiger partial charge in [0.05, 0.1) is 6.33 Å². The second kappa shape index (κ2) is 5.88. The zero-order chi connectivity index (χ0) is 15.5. The molecule has 0 aliphatic heterocycles. The van der Waals surface area contributed by atoms with Gasteiger partial charge in [0.1, 0.15) is 18.5 Å². The van der Waals surface area contributed by atoms with Crippen LogP contribution in [0.3, 0.4) is 0 Å². The van der Waals surface area contributed by atoms with Crippen LogP contribution >= 0.6 is 0 Å². The molecule has 0 atom stereocenters. The number of hydrogen-bond acceptors (Lipinski definition) is 4. The van der Waals surface area contributed by atoms with E-state index in [1.807, 2.05) is 18.2 Å². The zero-order valence-electron chi connectivity index (χ0n) is 12.3. The highest BCUT2D eigenvalue weighted by Crippen LogP contribution is 2.21. The lowest BCUT2D eigenvalue weighted by Crippen LogP contribution is -1.98. The summed E-state index contributed by atoms with van der Waals surface area (Å²) in [7, 11) is 0. The van der Waals surface area contributed by atoms with Crippen molar-refractivity contribution < 1.29 is 4.74 Å². The van der Waals surface area contributed by atoms with Gasteiger partial charge in [-0.1, -0.05) is 54.6 Å². The summed E-state index contributed by atoms with van der Waals surface area (Å²) >= 11 is 0. The fourth-order valence-corrected chi connectivity index (χ4v) is 2.43. The van der Waals surface area contributed by atoms with E-state index in [0.717, 1.165) is 5.56 Å². The third-order valence-corrected chi connectivity index (χ3v) is 3.62. The Morgan fingerprint density at radius 3 is 2.43 bits per heavy atom. The number of hydrogen-bond donors (Lipinski definition) is 1. The van der Waals surface area contributed by atoms with Crippen molar-refractivity contribution in [1.29, 1.82) is 0 Å². The Morgan fingerprint density at radius 1 is 0.826 bits per heavy atom. The predicted molar refractivity (Wildman–Crippen MR) is 87.9 cm³/mol. The zero-order valence-corrected chi connectivity index (χ0v) is 12.3. The van der Waals surface area contributed by atoms with Crippen molar-refractivity contribution in [2.24, 2.45) is 0 Å². The maximum absolute atomic E-state index is 5.79. The van der Waals surface area contributed by atoms with Crippen molar-refractivity contribution in [2.75, 3.05) is 0 Å². The van der Waals surface area contributed by atoms with Gasteiger partial charge >= 0.3 is 0 Å². The molecule has 0 aliphatic rings. The first-order valence-corrected chi connectivity index (χ1v) is 7.31. The van der Waals surface area contributed by atoms with E-state index in [9.17, 15) is 0 Å². The molecule has 0 radical (unpaired) electrons. The van der Waals surface area contributed by atoms with Gasteiger partial charge in [-0.05, 0) is 16.7 Å². The summed E-state index contributed by atoms with van der Waals surface area (Å²) in [5.74, 6) is 0.514. The molecule has 112 valence electrons. The number of aromatic amines is 1. The number of nitrogens with zero attached hydrogens (tertiary/aromatic N) is 3. The van der Waals surface area contributed by atoms with Gasteiger partial charge in [-0.15, -0.1) is 0 Å². The van der Waals surface area contributed by atoms with E-state index in [1.54, 1.807) is 6.33 Å². The molecular weight excluding hydrogens is 288 g/mol. The molecule has 0 bridgehead atoms. The summed E-state index contributed by atoms with van der Waals surface area (Å²) in [6, 6.07) is 18.6. The molecule has 2 aromatic heterocycles. The van der Waals surface area contributed by atoms with Crippen molar-refractivity contribution >= 4 is 11.2 Å². The Balaban J connectivity index is 1.50. The maximum Gasteiger partial charge on any atom is 0.243 e. The fraction of sp³-hybridized carbons (Fsp3) is 0.0556. The van der Waals surface area contributed by atoms with E-state index < -0.39 is 0 Å². The lowest BCUT2D eigenvalue weighted by Gasteiger charge is -2.07. The van der Waals surface area contributed by atoms with Gasteiger partial charge in [-0.3, -0.25) is 0 Å². The average Bonchev–Trinajstić information content (AvgIpc) is 3.10. The van der Waals surface area contributed by atoms with Crippen LogP contribution in [0.1, 0.15) is 5.56 Å². The number of nitrogens with one attached hydrogen (secondary N) is 1. The van der Waals surface area contributed by atoms with E-state index in [2.05, 4.69) is 56.3 Å². The molecule has 23 heavy (non-hydrogen) atoms. The van der Waals surface area contributed by atoms with Crippen LogP contribution in [0.2, 0.25) is 0 Å². The minimum absolute atomic E-state index is 0.445. The molecule has 1 N–H and O–H groups in total. The highest BCUT2D eigenvalue weighted by atomic mass is 16.5. The van der Waals surface area contributed by atoms with E-state index in [-0.39, 0.29) is 0 Å². The fourth-order valence-electron chi connectivity index (χ4n) is 2.43. The van der Waals surface area contributed by atoms with Crippen LogP contribution in [0.25, 0.3) is 22.3 Å². The Bertz CT molecular complexity index is 917. The van der Waals surface area contributed by atoms with Crippen LogP contribution in [0.15, 0.2) is 67.3 Å². The average molecular weight is 302 g/mol. The summed E-state index contributed by atoms with van der Waals surface area (Å²) in [4.78, 5) is 15.3. The first kappa shape index (κ1) is 13.5. The van der Waals surface area contributed by atoms with Crippen molar-refractivity contribution in [2.45, 2.75) is 6.61 Å². The Kier molecular flexibility index (Phi) is 3.44. The Hall–Kier alpha value is -3.21. The van der Waals surface area contributed by atoms with Gasteiger partial charge in [0.15, 0.2) is 5.65 Å². The number of imidazole rings is 1. The molecule has 0 spiro atoms. The van der Waals surface area contributed by atoms with E-state index in [0.29, 0.717) is 23.7 Å². The second-order valence-corrected chi connectivity index (χ2v) is 5.13. The number of aromatic nitrogens is 4. The standard InChI is InChI=1S/C18H14N4O/c1-2-4-14(5-3-1)15-8-6-13(7-9-15)10-23-18-16-17(20-11-19-16)21-12-22-18/h1-9,11-12H,10H2,(H,19,20,21,22). The molecule has 2 heterocycles. The normalized spacial score (nSPS) is 10.8. The monoisotopic (exact) mass is 302 g/mol. The SMILES string of the molecule is c1ccc(-c2ccc(COc3ncnc4nc[nH]c34)cc2)cc1. The van der Waals surface area contributed by atoms with E-state index in [4.69, 9.17) is 4.74 Å². The minimum atomic E-state index is 0.445. The van der Waals surface area contributed by atoms with Crippen LogP contribution in [-0.2, 0) is 6.61 Å². The summed E-state index contributed by atoms with van der Waals surface area (Å²) in [6.07, 6.45) is 3.04. The molecule has 4 aromatic rings. The number of H-pyrrole nitrogens is 1. The van der Waals surface area contributed by atoms with Gasteiger partial charge in [0.2, 0.25) is 5.88 Å². The van der Waals surface area contributed by atoms with Gasteiger partial charge in [-0.25, -0.2) is 9.97 Å². The molecule has 0 fully saturated rings. The summed E-state index contributed by atoms with van der Waals surface area (Å²) in [5.41, 5.74) is 4.79. The molecule has 5 nitrogen and oxygen atoms in total. The van der Waals surface area contributed by atoms with E-state index in [1.165, 1.54) is 17.5 Å². The van der Waals surface area contributed by atoms with Crippen LogP contribution in [0, 0.1) is 0 Å². The molecule has 0 aliphatic carbocycles. The lowest BCUT2D eigenvalue weighted by molar-refractivity contribution is 0.297. The largest absolute Gasteiger partial charge is 0.471 e. The molecule has 5 heteroatoms. The molecular formula is C18H14N4O. The summed E-state index contributed by atoms with van der Waals surface area (Å²) in [6.45, 7) is 0.445. The molecule has 0 saturated heterocycles. The first-order valence-electron chi connectivity index (χ1n) is 7.31. The van der Waals surface area contributed by atoms with Crippen LogP contribution < -0.4 is 4.74 Å². The van der Waals surface area contributed by atoms with Gasteiger partial charge in [-0.2, -0.15) is 4.98 Å². The summed E-state index contributed by atoms with van der Waals surface area (Å²) < 4.78 is 5.79. The highest BCUT2D eigenvalue weighted by Gasteiger charge is 2.07. The third-order valence-electron chi connectivity index (χ3n) is 3.62. The van der Waals surface area contributed by atoms with Crippen molar-refractivity contribution in [3.05, 3.63) is 72.8 Å². The first-order chi connectivity index (χ1) is 11.4. The van der Waals surface area contributed by atoms with Crippen molar-refractivity contribution in [1.82, 2.24) is 19.9 Å². The minimum Gasteiger partial charge on any atom is -0.471 e. The Morgan fingerprint density at radius 2 is 1.61 bits per heavy atom. The molecule has 0 saturated carbocycles. The number of fused-ring (bicyclic) bond motifs is 1. The van der Waals surface area contributed by atoms with Crippen LogP contribution in [0.4, 0.5) is 0 Å². The maximum atomic E-state index is 5.79. The lowest BCUT2D eigenvalue weighted by atomic mass is 10.0. The van der Waals surface area contributed by atoms with Gasteiger partial charge < -0.3 is 9.72 Å². The van der Waals surface area contributed by atoms with Gasteiger partial charge in [0.25, 0.3) is 0 Å². The topological polar surface area (TPSA) is 63.7 Å². The predicted octanol–water partition coefficient (Wildman–Crippen LogP) is 3.60. The second-order valence-electron chi connectivity index (χ2n) is 5.13. The third kappa shape index (κ3) is 2.76. The number of ether oxygens (including phenoxy) is 1. The number of benzene rings is 2. The van der Waals surface area contributed by atoms with Crippen molar-refractivity contribution in [3.63, 3.8) is 0 Å². The summed E-state index contributed by atoms with van der Waals surface area (Å²) in [5, 5.41) is 0.